The summed E-state index contributed by atoms with van der Waals surface area (Å²) in [4.78, 5) is 21.5. The number of amides is 2. The number of carboxylic acid groups (broad SMARTS) is 1. The van der Waals surface area contributed by atoms with Gasteiger partial charge in [0.2, 0.25) is 0 Å². The topological polar surface area (TPSA) is 78.4 Å². The molecule has 0 atom stereocenters. The standard InChI is InChI=1S/C9H16N2O3/c1-10-8(14)11-6-9(3-2-4-9)5-7(12)13/h2-6H2,1H3,(H,12,13)(H2,10,11,14). The van der Waals surface area contributed by atoms with Crippen LogP contribution in [-0.2, 0) is 4.79 Å². The molecule has 2 amide bonds. The molecule has 80 valence electrons. The Kier molecular flexibility index (Phi) is 3.33. The maximum atomic E-state index is 10.9. The highest BCUT2D eigenvalue weighted by Crippen LogP contribution is 2.43. The van der Waals surface area contributed by atoms with Gasteiger partial charge in [0.05, 0.1) is 6.42 Å². The molecule has 0 saturated heterocycles. The predicted octanol–water partition coefficient (Wildman–Crippen LogP) is 0.560. The van der Waals surface area contributed by atoms with E-state index in [0.29, 0.717) is 6.54 Å². The van der Waals surface area contributed by atoms with Gasteiger partial charge in [0.25, 0.3) is 0 Å². The van der Waals surface area contributed by atoms with Gasteiger partial charge in [-0.15, -0.1) is 0 Å². The van der Waals surface area contributed by atoms with Gasteiger partial charge >= 0.3 is 12.0 Å². The van der Waals surface area contributed by atoms with Crippen molar-refractivity contribution < 1.29 is 14.7 Å². The van der Waals surface area contributed by atoms with E-state index in [1.54, 1.807) is 7.05 Å². The molecule has 1 rings (SSSR count). The Morgan fingerprint density at radius 1 is 1.43 bits per heavy atom. The highest BCUT2D eigenvalue weighted by molar-refractivity contribution is 5.73. The number of nitrogens with one attached hydrogen (secondary N) is 2. The van der Waals surface area contributed by atoms with E-state index in [4.69, 9.17) is 5.11 Å². The number of carbonyl (C=O) groups is 2. The Balaban J connectivity index is 2.37. The molecule has 0 aromatic heterocycles. The third-order valence-corrected chi connectivity index (χ3v) is 2.79. The van der Waals surface area contributed by atoms with Gasteiger partial charge in [0.1, 0.15) is 0 Å². The lowest BCUT2D eigenvalue weighted by atomic mass is 9.66. The summed E-state index contributed by atoms with van der Waals surface area (Å²) in [6.07, 6.45) is 2.99. The molecule has 1 fully saturated rings. The normalized spacial score (nSPS) is 18.1. The lowest BCUT2D eigenvalue weighted by Crippen LogP contribution is -2.45. The maximum Gasteiger partial charge on any atom is 0.314 e. The first-order chi connectivity index (χ1) is 6.58. The van der Waals surface area contributed by atoms with E-state index >= 15 is 0 Å². The van der Waals surface area contributed by atoms with Crippen molar-refractivity contribution in [3.63, 3.8) is 0 Å². The van der Waals surface area contributed by atoms with Crippen LogP contribution in [0.5, 0.6) is 0 Å². The van der Waals surface area contributed by atoms with Crippen LogP contribution >= 0.6 is 0 Å². The predicted molar refractivity (Wildman–Crippen MR) is 51.0 cm³/mol. The largest absolute Gasteiger partial charge is 0.481 e. The van der Waals surface area contributed by atoms with Crippen molar-refractivity contribution in [2.45, 2.75) is 25.7 Å². The highest BCUT2D eigenvalue weighted by Gasteiger charge is 2.39. The number of carboxylic acids is 1. The lowest BCUT2D eigenvalue weighted by Gasteiger charge is -2.40. The molecule has 0 bridgehead atoms. The molecule has 3 N–H and O–H groups in total. The number of aliphatic carboxylic acids is 1. The van der Waals surface area contributed by atoms with E-state index in [1.165, 1.54) is 0 Å². The molecule has 0 aliphatic heterocycles. The Hall–Kier alpha value is -1.26. The third kappa shape index (κ3) is 2.61. The third-order valence-electron chi connectivity index (χ3n) is 2.79. The van der Waals surface area contributed by atoms with Crippen LogP contribution in [0.15, 0.2) is 0 Å². The Labute approximate surface area is 82.9 Å². The zero-order chi connectivity index (χ0) is 10.6. The molecular formula is C9H16N2O3. The van der Waals surface area contributed by atoms with Crippen LogP contribution in [-0.4, -0.2) is 30.7 Å². The number of hydrogen-bond acceptors (Lipinski definition) is 2. The molecule has 0 spiro atoms. The summed E-state index contributed by atoms with van der Waals surface area (Å²) in [6, 6.07) is -0.248. The monoisotopic (exact) mass is 200 g/mol. The molecule has 0 radical (unpaired) electrons. The number of urea groups is 1. The van der Waals surface area contributed by atoms with Crippen molar-refractivity contribution in [3.05, 3.63) is 0 Å². The van der Waals surface area contributed by atoms with Crippen LogP contribution in [0.3, 0.4) is 0 Å². The van der Waals surface area contributed by atoms with Crippen molar-refractivity contribution in [2.24, 2.45) is 5.41 Å². The summed E-state index contributed by atoms with van der Waals surface area (Å²) in [5.74, 6) is -0.789. The smallest absolute Gasteiger partial charge is 0.314 e. The Morgan fingerprint density at radius 2 is 2.07 bits per heavy atom. The van der Waals surface area contributed by atoms with Crippen LogP contribution in [0.2, 0.25) is 0 Å². The second-order valence-corrected chi connectivity index (χ2v) is 3.86. The van der Waals surface area contributed by atoms with Crippen LogP contribution in [0.1, 0.15) is 25.7 Å². The molecular weight excluding hydrogens is 184 g/mol. The molecule has 0 unspecified atom stereocenters. The summed E-state index contributed by atoms with van der Waals surface area (Å²) in [5, 5.41) is 13.8. The molecule has 1 aliphatic carbocycles. The summed E-state index contributed by atoms with van der Waals surface area (Å²) in [6.45, 7) is 0.457. The van der Waals surface area contributed by atoms with Crippen LogP contribution in [0.4, 0.5) is 4.79 Å². The summed E-state index contributed by atoms with van der Waals surface area (Å²) >= 11 is 0. The lowest BCUT2D eigenvalue weighted by molar-refractivity contribution is -0.141. The number of rotatable bonds is 4. The van der Waals surface area contributed by atoms with E-state index in [2.05, 4.69) is 10.6 Å². The minimum absolute atomic E-state index is 0.150. The fourth-order valence-electron chi connectivity index (χ4n) is 1.77. The summed E-state index contributed by atoms with van der Waals surface area (Å²) < 4.78 is 0. The minimum atomic E-state index is -0.789. The zero-order valence-corrected chi connectivity index (χ0v) is 8.30. The van der Waals surface area contributed by atoms with Crippen molar-refractivity contribution >= 4 is 12.0 Å². The molecule has 0 heterocycles. The summed E-state index contributed by atoms with van der Waals surface area (Å²) in [7, 11) is 1.54. The van der Waals surface area contributed by atoms with Gasteiger partial charge in [-0.1, -0.05) is 6.42 Å². The van der Waals surface area contributed by atoms with Crippen molar-refractivity contribution in [1.29, 1.82) is 0 Å². The molecule has 1 saturated carbocycles. The second-order valence-electron chi connectivity index (χ2n) is 3.86. The summed E-state index contributed by atoms with van der Waals surface area (Å²) in [5.41, 5.74) is -0.196. The van der Waals surface area contributed by atoms with E-state index in [-0.39, 0.29) is 17.9 Å². The van der Waals surface area contributed by atoms with Gasteiger partial charge in [0.15, 0.2) is 0 Å². The number of carbonyl (C=O) groups excluding carboxylic acids is 1. The molecule has 1 aliphatic rings. The van der Waals surface area contributed by atoms with Crippen LogP contribution in [0.25, 0.3) is 0 Å². The van der Waals surface area contributed by atoms with Gasteiger partial charge in [-0.3, -0.25) is 4.79 Å². The van der Waals surface area contributed by atoms with Gasteiger partial charge in [-0.2, -0.15) is 0 Å². The van der Waals surface area contributed by atoms with Gasteiger partial charge in [-0.25, -0.2) is 4.79 Å². The van der Waals surface area contributed by atoms with E-state index in [0.717, 1.165) is 19.3 Å². The van der Waals surface area contributed by atoms with Gasteiger partial charge < -0.3 is 15.7 Å². The van der Waals surface area contributed by atoms with Gasteiger partial charge in [-0.05, 0) is 18.3 Å². The molecule has 0 aromatic carbocycles. The first kappa shape index (κ1) is 10.8. The van der Waals surface area contributed by atoms with E-state index in [9.17, 15) is 9.59 Å². The quantitative estimate of drug-likeness (QED) is 0.620. The first-order valence-corrected chi connectivity index (χ1v) is 4.75. The SMILES string of the molecule is CNC(=O)NCC1(CC(=O)O)CCC1. The number of hydrogen-bond donors (Lipinski definition) is 3. The van der Waals surface area contributed by atoms with Crippen molar-refractivity contribution in [1.82, 2.24) is 10.6 Å². The Morgan fingerprint density at radius 3 is 2.43 bits per heavy atom. The van der Waals surface area contributed by atoms with Crippen LogP contribution < -0.4 is 10.6 Å². The second kappa shape index (κ2) is 4.30. The fraction of sp³-hybridized carbons (Fsp3) is 0.778. The van der Waals surface area contributed by atoms with Crippen molar-refractivity contribution in [3.8, 4) is 0 Å². The van der Waals surface area contributed by atoms with E-state index < -0.39 is 5.97 Å². The minimum Gasteiger partial charge on any atom is -0.481 e. The van der Waals surface area contributed by atoms with Crippen LogP contribution in [0, 0.1) is 5.41 Å². The fourth-order valence-corrected chi connectivity index (χ4v) is 1.77. The van der Waals surface area contributed by atoms with Gasteiger partial charge in [0, 0.05) is 13.6 Å². The van der Waals surface area contributed by atoms with Crippen molar-refractivity contribution in [2.75, 3.05) is 13.6 Å². The Bertz CT molecular complexity index is 236. The molecule has 0 aromatic rings. The van der Waals surface area contributed by atoms with E-state index in [1.807, 2.05) is 0 Å². The molecule has 5 heteroatoms. The maximum absolute atomic E-state index is 10.9. The average molecular weight is 200 g/mol. The molecule has 14 heavy (non-hydrogen) atoms. The average Bonchev–Trinajstić information content (AvgIpc) is 2.08. The zero-order valence-electron chi connectivity index (χ0n) is 8.30. The first-order valence-electron chi connectivity index (χ1n) is 4.75. The molecule has 5 nitrogen and oxygen atoms in total. The highest BCUT2D eigenvalue weighted by atomic mass is 16.4.